The van der Waals surface area contributed by atoms with Gasteiger partial charge in [0.15, 0.2) is 0 Å². The fourth-order valence-electron chi connectivity index (χ4n) is 1.84. The lowest BCUT2D eigenvalue weighted by Gasteiger charge is -2.13. The Balaban J connectivity index is 2.55. The van der Waals surface area contributed by atoms with E-state index in [-0.39, 0.29) is 5.38 Å². The summed E-state index contributed by atoms with van der Waals surface area (Å²) in [5.41, 5.74) is 1.32. The van der Waals surface area contributed by atoms with Crippen molar-refractivity contribution in [3.05, 3.63) is 29.8 Å². The molecule has 0 aliphatic heterocycles. The molecule has 0 aliphatic rings. The van der Waals surface area contributed by atoms with Crippen molar-refractivity contribution in [2.24, 2.45) is 5.92 Å². The predicted molar refractivity (Wildman–Crippen MR) is 65.8 cm³/mol. The first-order valence-corrected chi connectivity index (χ1v) is 5.82. The molecule has 0 fully saturated rings. The van der Waals surface area contributed by atoms with Gasteiger partial charge in [-0.1, -0.05) is 19.1 Å². The van der Waals surface area contributed by atoms with Gasteiger partial charge in [-0.05, 0) is 43.4 Å². The summed E-state index contributed by atoms with van der Waals surface area (Å²) in [6, 6.07) is 8.23. The molecule has 0 N–H and O–H groups in total. The van der Waals surface area contributed by atoms with E-state index in [0.29, 0.717) is 5.92 Å². The van der Waals surface area contributed by atoms with Crippen LogP contribution in [0.3, 0.4) is 0 Å². The van der Waals surface area contributed by atoms with Crippen molar-refractivity contribution >= 4 is 11.6 Å². The summed E-state index contributed by atoms with van der Waals surface area (Å²) < 4.78 is 5.19. The lowest BCUT2D eigenvalue weighted by atomic mass is 9.97. The zero-order valence-electron chi connectivity index (χ0n) is 9.66. The van der Waals surface area contributed by atoms with Gasteiger partial charge in [0.2, 0.25) is 0 Å². The zero-order chi connectivity index (χ0) is 11.3. The van der Waals surface area contributed by atoms with Gasteiger partial charge in [0.25, 0.3) is 0 Å². The van der Waals surface area contributed by atoms with Gasteiger partial charge in [0, 0.05) is 5.38 Å². The maximum atomic E-state index is 5.97. The molecule has 1 aromatic rings. The van der Waals surface area contributed by atoms with Gasteiger partial charge in [0.1, 0.15) is 5.75 Å². The van der Waals surface area contributed by atoms with E-state index in [9.17, 15) is 0 Å². The van der Waals surface area contributed by atoms with Crippen molar-refractivity contribution in [2.45, 2.75) is 32.1 Å². The second-order valence-corrected chi connectivity index (χ2v) is 4.92. The smallest absolute Gasteiger partial charge is 0.119 e. The molecule has 2 unspecified atom stereocenters. The van der Waals surface area contributed by atoms with Crippen LogP contribution in [0.4, 0.5) is 0 Å². The van der Waals surface area contributed by atoms with Crippen LogP contribution in [0, 0.1) is 5.92 Å². The lowest BCUT2D eigenvalue weighted by Crippen LogP contribution is -2.05. The van der Waals surface area contributed by atoms with Crippen LogP contribution in [0.5, 0.6) is 5.75 Å². The standard InChI is InChI=1S/C13H19ClO/c1-10(7-11(2)14)8-12-5-4-6-13(9-12)15-3/h4-6,9-11H,7-8H2,1-3H3. The summed E-state index contributed by atoms with van der Waals surface area (Å²) in [4.78, 5) is 0. The van der Waals surface area contributed by atoms with Crippen molar-refractivity contribution < 1.29 is 4.74 Å². The van der Waals surface area contributed by atoms with Crippen LogP contribution in [-0.4, -0.2) is 12.5 Å². The monoisotopic (exact) mass is 226 g/mol. The minimum absolute atomic E-state index is 0.255. The van der Waals surface area contributed by atoms with Gasteiger partial charge in [-0.15, -0.1) is 11.6 Å². The van der Waals surface area contributed by atoms with Gasteiger partial charge < -0.3 is 4.74 Å². The van der Waals surface area contributed by atoms with Crippen LogP contribution in [0.1, 0.15) is 25.8 Å². The van der Waals surface area contributed by atoms with Gasteiger partial charge in [-0.3, -0.25) is 0 Å². The van der Waals surface area contributed by atoms with Crippen LogP contribution in [0.2, 0.25) is 0 Å². The summed E-state index contributed by atoms with van der Waals surface area (Å²) in [5.74, 6) is 1.54. The number of methoxy groups -OCH3 is 1. The third kappa shape index (κ3) is 4.57. The van der Waals surface area contributed by atoms with Crippen molar-refractivity contribution in [1.29, 1.82) is 0 Å². The molecular formula is C13H19ClO. The first-order valence-electron chi connectivity index (χ1n) is 5.38. The largest absolute Gasteiger partial charge is 0.497 e. The highest BCUT2D eigenvalue weighted by atomic mass is 35.5. The molecule has 0 bridgehead atoms. The van der Waals surface area contributed by atoms with E-state index < -0.39 is 0 Å². The van der Waals surface area contributed by atoms with Gasteiger partial charge in [-0.2, -0.15) is 0 Å². The SMILES string of the molecule is COc1cccc(CC(C)CC(C)Cl)c1. The van der Waals surface area contributed by atoms with Crippen molar-refractivity contribution in [3.8, 4) is 5.75 Å². The molecule has 0 saturated heterocycles. The highest BCUT2D eigenvalue weighted by Crippen LogP contribution is 2.19. The molecule has 0 amide bonds. The molecule has 0 aromatic heterocycles. The topological polar surface area (TPSA) is 9.23 Å². The number of rotatable bonds is 5. The van der Waals surface area contributed by atoms with Crippen molar-refractivity contribution in [2.75, 3.05) is 7.11 Å². The van der Waals surface area contributed by atoms with E-state index in [1.165, 1.54) is 5.56 Å². The maximum absolute atomic E-state index is 5.97. The summed E-state index contributed by atoms with van der Waals surface area (Å²) in [7, 11) is 1.70. The Morgan fingerprint density at radius 2 is 2.07 bits per heavy atom. The summed E-state index contributed by atoms with van der Waals surface area (Å²) in [5, 5.41) is 0.255. The van der Waals surface area contributed by atoms with Crippen LogP contribution < -0.4 is 4.74 Å². The molecular weight excluding hydrogens is 208 g/mol. The fourth-order valence-corrected chi connectivity index (χ4v) is 2.14. The van der Waals surface area contributed by atoms with Crippen molar-refractivity contribution in [1.82, 2.24) is 0 Å². The number of halogens is 1. The van der Waals surface area contributed by atoms with Crippen molar-refractivity contribution in [3.63, 3.8) is 0 Å². The normalized spacial score (nSPS) is 14.7. The average molecular weight is 227 g/mol. The Morgan fingerprint density at radius 1 is 1.33 bits per heavy atom. The molecule has 1 nitrogen and oxygen atoms in total. The Bertz CT molecular complexity index is 296. The Morgan fingerprint density at radius 3 is 2.67 bits per heavy atom. The van der Waals surface area contributed by atoms with E-state index in [1.807, 2.05) is 19.1 Å². The predicted octanol–water partition coefficient (Wildman–Crippen LogP) is 3.89. The van der Waals surface area contributed by atoms with E-state index in [1.54, 1.807) is 7.11 Å². The number of alkyl halides is 1. The molecule has 0 saturated carbocycles. The van der Waals surface area contributed by atoms with Crippen LogP contribution >= 0.6 is 11.6 Å². The molecule has 15 heavy (non-hydrogen) atoms. The summed E-state index contributed by atoms with van der Waals surface area (Å²) >= 11 is 5.97. The molecule has 84 valence electrons. The Hall–Kier alpha value is -0.690. The summed E-state index contributed by atoms with van der Waals surface area (Å²) in [6.45, 7) is 4.28. The molecule has 2 heteroatoms. The van der Waals surface area contributed by atoms with Gasteiger partial charge in [0.05, 0.1) is 7.11 Å². The Kier molecular flexibility index (Phi) is 4.97. The first-order chi connectivity index (χ1) is 7.11. The Labute approximate surface area is 97.4 Å². The maximum Gasteiger partial charge on any atom is 0.119 e. The summed E-state index contributed by atoms with van der Waals surface area (Å²) in [6.07, 6.45) is 2.12. The highest BCUT2D eigenvalue weighted by molar-refractivity contribution is 6.20. The number of ether oxygens (including phenoxy) is 1. The van der Waals surface area contributed by atoms with E-state index >= 15 is 0 Å². The van der Waals surface area contributed by atoms with E-state index in [2.05, 4.69) is 19.1 Å². The van der Waals surface area contributed by atoms with Crippen LogP contribution in [0.25, 0.3) is 0 Å². The highest BCUT2D eigenvalue weighted by Gasteiger charge is 2.07. The second-order valence-electron chi connectivity index (χ2n) is 4.18. The quantitative estimate of drug-likeness (QED) is 0.693. The number of hydrogen-bond acceptors (Lipinski definition) is 1. The lowest BCUT2D eigenvalue weighted by molar-refractivity contribution is 0.413. The molecule has 2 atom stereocenters. The molecule has 0 spiro atoms. The first kappa shape index (κ1) is 12.4. The molecule has 0 radical (unpaired) electrons. The third-order valence-electron chi connectivity index (χ3n) is 2.45. The van der Waals surface area contributed by atoms with E-state index in [4.69, 9.17) is 16.3 Å². The molecule has 0 heterocycles. The molecule has 0 aliphatic carbocycles. The minimum Gasteiger partial charge on any atom is -0.497 e. The number of hydrogen-bond donors (Lipinski definition) is 0. The van der Waals surface area contributed by atoms with Gasteiger partial charge in [-0.25, -0.2) is 0 Å². The molecule has 1 rings (SSSR count). The van der Waals surface area contributed by atoms with E-state index in [0.717, 1.165) is 18.6 Å². The van der Waals surface area contributed by atoms with Crippen LogP contribution in [-0.2, 0) is 6.42 Å². The third-order valence-corrected chi connectivity index (χ3v) is 2.62. The molecule has 1 aromatic carbocycles. The zero-order valence-corrected chi connectivity index (χ0v) is 10.4. The van der Waals surface area contributed by atoms with Gasteiger partial charge >= 0.3 is 0 Å². The fraction of sp³-hybridized carbons (Fsp3) is 0.538. The van der Waals surface area contributed by atoms with Crippen LogP contribution in [0.15, 0.2) is 24.3 Å². The second kappa shape index (κ2) is 6.02. The minimum atomic E-state index is 0.255. The average Bonchev–Trinajstić information content (AvgIpc) is 2.16. The number of benzene rings is 1.